The van der Waals surface area contributed by atoms with Crippen LogP contribution in [0.3, 0.4) is 0 Å². The highest BCUT2D eigenvalue weighted by Crippen LogP contribution is 2.33. The van der Waals surface area contributed by atoms with Crippen molar-refractivity contribution in [2.24, 2.45) is 10.8 Å². The van der Waals surface area contributed by atoms with Crippen molar-refractivity contribution < 1.29 is 13.2 Å². The largest absolute Gasteiger partial charge is 0.416 e. The van der Waals surface area contributed by atoms with Gasteiger partial charge in [-0.05, 0) is 69.1 Å². The number of piperazine rings is 1. The zero-order valence-electron chi connectivity index (χ0n) is 20.5. The van der Waals surface area contributed by atoms with E-state index in [4.69, 9.17) is 18.0 Å². The van der Waals surface area contributed by atoms with Crippen LogP contribution in [0.1, 0.15) is 17.5 Å². The van der Waals surface area contributed by atoms with Crippen LogP contribution in [0, 0.1) is 0 Å². The van der Waals surface area contributed by atoms with Gasteiger partial charge in [-0.1, -0.05) is 6.07 Å². The molecule has 11 heteroatoms. The van der Waals surface area contributed by atoms with Crippen LogP contribution in [0.5, 0.6) is 0 Å². The van der Waals surface area contributed by atoms with Crippen LogP contribution in [0.2, 0.25) is 0 Å². The van der Waals surface area contributed by atoms with E-state index in [1.165, 1.54) is 12.1 Å². The first-order valence-electron chi connectivity index (χ1n) is 11.9. The highest BCUT2D eigenvalue weighted by atomic mass is 32.1. The van der Waals surface area contributed by atoms with E-state index in [1.54, 1.807) is 12.3 Å². The molecule has 36 heavy (non-hydrogen) atoms. The molecule has 2 heterocycles. The molecule has 0 saturated carbocycles. The van der Waals surface area contributed by atoms with Crippen molar-refractivity contribution in [1.29, 1.82) is 0 Å². The maximum atomic E-state index is 13.1. The van der Waals surface area contributed by atoms with E-state index < -0.39 is 11.7 Å². The minimum Gasteiger partial charge on any atom is -0.375 e. The van der Waals surface area contributed by atoms with Crippen LogP contribution in [0.15, 0.2) is 47.6 Å². The van der Waals surface area contributed by atoms with E-state index in [1.807, 2.05) is 11.0 Å². The Labute approximate surface area is 215 Å². The first-order chi connectivity index (χ1) is 17.1. The van der Waals surface area contributed by atoms with Gasteiger partial charge < -0.3 is 25.3 Å². The summed E-state index contributed by atoms with van der Waals surface area (Å²) in [6.45, 7) is 4.58. The number of anilines is 3. The molecule has 3 N–H and O–H groups in total. The zero-order chi connectivity index (χ0) is 25.9. The molecular weight excluding hydrogens is 487 g/mol. The molecule has 7 nitrogen and oxygen atoms in total. The third-order valence-corrected chi connectivity index (χ3v) is 6.90. The molecular formula is C25H32F3N7S. The Bertz CT molecular complexity index is 1100. The van der Waals surface area contributed by atoms with E-state index >= 15 is 0 Å². The molecule has 2 fully saturated rings. The molecule has 0 bridgehead atoms. The highest BCUT2D eigenvalue weighted by molar-refractivity contribution is 7.80. The van der Waals surface area contributed by atoms with Crippen LogP contribution in [0.4, 0.5) is 30.2 Å². The second kappa shape index (κ2) is 10.9. The average molecular weight is 520 g/mol. The number of nitrogens with two attached hydrogens (primary N) is 1. The number of likely N-dealkylation sites (N-methyl/N-ethyl adjacent to an activating group) is 1. The first kappa shape index (κ1) is 26.0. The number of rotatable bonds is 6. The molecule has 4 rings (SSSR count). The number of thiocarbonyl (C=S) groups is 1. The first-order valence-corrected chi connectivity index (χ1v) is 12.3. The minimum absolute atomic E-state index is 0.108. The molecule has 194 valence electrons. The van der Waals surface area contributed by atoms with Crippen molar-refractivity contribution in [3.05, 3.63) is 53.6 Å². The van der Waals surface area contributed by atoms with E-state index in [9.17, 15) is 13.2 Å². The van der Waals surface area contributed by atoms with Crippen LogP contribution in [0.25, 0.3) is 0 Å². The fourth-order valence-electron chi connectivity index (χ4n) is 4.76. The van der Waals surface area contributed by atoms with Crippen LogP contribution < -0.4 is 25.9 Å². The normalized spacial score (nSPS) is 18.9. The molecule has 1 atom stereocenters. The van der Waals surface area contributed by atoms with Gasteiger partial charge in [-0.2, -0.15) is 18.3 Å². The predicted octanol–water partition coefficient (Wildman–Crippen LogP) is 3.34. The average Bonchev–Trinajstić information content (AvgIpc) is 3.34. The lowest BCUT2D eigenvalue weighted by Gasteiger charge is -2.38. The Morgan fingerprint density at radius 2 is 1.69 bits per heavy atom. The van der Waals surface area contributed by atoms with Crippen molar-refractivity contribution in [2.45, 2.75) is 18.6 Å². The van der Waals surface area contributed by atoms with Gasteiger partial charge in [0, 0.05) is 67.9 Å². The maximum absolute atomic E-state index is 13.1. The summed E-state index contributed by atoms with van der Waals surface area (Å²) >= 11 is 4.84. The van der Waals surface area contributed by atoms with Gasteiger partial charge in [-0.25, -0.2) is 0 Å². The van der Waals surface area contributed by atoms with Gasteiger partial charge >= 0.3 is 6.18 Å². The molecule has 0 spiro atoms. The number of benzene rings is 2. The summed E-state index contributed by atoms with van der Waals surface area (Å²) in [5.41, 5.74) is 11.2. The summed E-state index contributed by atoms with van der Waals surface area (Å²) in [6.07, 6.45) is -1.54. The molecule has 2 aromatic carbocycles. The third kappa shape index (κ3) is 6.19. The van der Waals surface area contributed by atoms with Crippen molar-refractivity contribution in [1.82, 2.24) is 10.3 Å². The topological polar surface area (TPSA) is 63.4 Å². The summed E-state index contributed by atoms with van der Waals surface area (Å²) in [4.78, 5) is 8.91. The lowest BCUT2D eigenvalue weighted by atomic mass is 10.1. The number of alkyl halides is 3. The molecule has 0 aliphatic carbocycles. The maximum Gasteiger partial charge on any atom is 0.416 e. The summed E-state index contributed by atoms with van der Waals surface area (Å²) < 4.78 is 39.4. The monoisotopic (exact) mass is 519 g/mol. The smallest absolute Gasteiger partial charge is 0.375 e. The van der Waals surface area contributed by atoms with Gasteiger partial charge in [0.15, 0.2) is 5.11 Å². The lowest BCUT2D eigenvalue weighted by Crippen LogP contribution is -2.46. The van der Waals surface area contributed by atoms with Crippen LogP contribution in [-0.2, 0) is 6.18 Å². The molecule has 0 radical (unpaired) electrons. The summed E-state index contributed by atoms with van der Waals surface area (Å²) in [5, 5.41) is 4.27. The number of nitrogens with one attached hydrogen (secondary N) is 1. The predicted molar refractivity (Wildman–Crippen MR) is 144 cm³/mol. The Kier molecular flexibility index (Phi) is 7.89. The standard InChI is InChI=1S/C25H32F3N7S/c1-32(2)22-8-9-35(17-22)23-15-21(7-6-18(23)16-30-31-24(29)36)34-12-10-33(11-13-34)20-5-3-4-19(14-20)25(26,27)28/h3-7,14-16,22H,8-13,17H2,1-2H3,(H3,29,31,36). The van der Waals surface area contributed by atoms with E-state index in [2.05, 4.69) is 51.5 Å². The van der Waals surface area contributed by atoms with Gasteiger partial charge in [0.25, 0.3) is 0 Å². The Morgan fingerprint density at radius 3 is 2.28 bits per heavy atom. The highest BCUT2D eigenvalue weighted by Gasteiger charge is 2.31. The molecule has 2 aliphatic rings. The summed E-state index contributed by atoms with van der Waals surface area (Å²) in [7, 11) is 4.20. The van der Waals surface area contributed by atoms with E-state index in [0.29, 0.717) is 37.9 Å². The number of halogens is 3. The van der Waals surface area contributed by atoms with Crippen molar-refractivity contribution >= 4 is 40.6 Å². The second-order valence-electron chi connectivity index (χ2n) is 9.35. The Hall–Kier alpha value is -3.05. The number of nitrogens with zero attached hydrogens (tertiary/aromatic N) is 5. The van der Waals surface area contributed by atoms with Crippen LogP contribution >= 0.6 is 12.2 Å². The zero-order valence-corrected chi connectivity index (χ0v) is 21.3. The van der Waals surface area contributed by atoms with Gasteiger partial charge in [-0.3, -0.25) is 5.43 Å². The molecule has 0 aromatic heterocycles. The van der Waals surface area contributed by atoms with Crippen LogP contribution in [-0.4, -0.2) is 75.6 Å². The minimum atomic E-state index is -4.34. The van der Waals surface area contributed by atoms with Gasteiger partial charge in [0.1, 0.15) is 0 Å². The SMILES string of the molecule is CN(C)C1CCN(c2cc(N3CCN(c4cccc(C(F)(F)F)c4)CC3)ccc2C=NNC(N)=S)C1. The number of hydrogen-bond donors (Lipinski definition) is 2. The van der Waals surface area contributed by atoms with Crippen molar-refractivity contribution in [2.75, 3.05) is 68.1 Å². The van der Waals surface area contributed by atoms with Gasteiger partial charge in [0.2, 0.25) is 0 Å². The Morgan fingerprint density at radius 1 is 1.03 bits per heavy atom. The summed E-state index contributed by atoms with van der Waals surface area (Å²) in [5.74, 6) is 0. The molecule has 2 aromatic rings. The number of hydrazone groups is 1. The van der Waals surface area contributed by atoms with Gasteiger partial charge in [-0.15, -0.1) is 0 Å². The lowest BCUT2D eigenvalue weighted by molar-refractivity contribution is -0.137. The fourth-order valence-corrected chi connectivity index (χ4v) is 4.81. The fraction of sp³-hybridized carbons (Fsp3) is 0.440. The summed E-state index contributed by atoms with van der Waals surface area (Å²) in [6, 6.07) is 12.3. The molecule has 0 amide bonds. The molecule has 2 saturated heterocycles. The van der Waals surface area contributed by atoms with E-state index in [0.717, 1.165) is 42.5 Å². The van der Waals surface area contributed by atoms with Crippen molar-refractivity contribution in [3.63, 3.8) is 0 Å². The quantitative estimate of drug-likeness (QED) is 0.345. The molecule has 1 unspecified atom stereocenters. The van der Waals surface area contributed by atoms with E-state index in [-0.39, 0.29) is 5.11 Å². The Balaban J connectivity index is 1.50. The third-order valence-electron chi connectivity index (χ3n) is 6.81. The second-order valence-corrected chi connectivity index (χ2v) is 9.79. The number of hydrogen-bond acceptors (Lipinski definition) is 6. The molecule has 2 aliphatic heterocycles. The van der Waals surface area contributed by atoms with Gasteiger partial charge in [0.05, 0.1) is 11.8 Å². The van der Waals surface area contributed by atoms with Crippen molar-refractivity contribution in [3.8, 4) is 0 Å².